The fraction of sp³-hybridized carbons (Fsp3) is 0.304. The van der Waals surface area contributed by atoms with Crippen molar-refractivity contribution < 1.29 is 4.39 Å². The number of rotatable bonds is 9. The normalized spacial score (nSPS) is 11.4. The molecule has 6 heteroatoms. The first-order chi connectivity index (χ1) is 14.3. The van der Waals surface area contributed by atoms with Crippen LogP contribution < -0.4 is 10.6 Å². The van der Waals surface area contributed by atoms with E-state index in [0.29, 0.717) is 25.1 Å². The van der Waals surface area contributed by atoms with Crippen LogP contribution in [0.2, 0.25) is 0 Å². The van der Waals surface area contributed by atoms with Gasteiger partial charge in [0.1, 0.15) is 11.6 Å². The third-order valence-electron chi connectivity index (χ3n) is 4.59. The Morgan fingerprint density at radius 1 is 1.03 bits per heavy atom. The van der Waals surface area contributed by atoms with Gasteiger partial charge in [0.05, 0.1) is 0 Å². The van der Waals surface area contributed by atoms with Crippen LogP contribution in [0.15, 0.2) is 72.0 Å². The largest absolute Gasteiger partial charge is 0.357 e. The Morgan fingerprint density at radius 3 is 2.62 bits per heavy atom. The maximum absolute atomic E-state index is 13.7. The summed E-state index contributed by atoms with van der Waals surface area (Å²) >= 11 is 0. The number of halogens is 1. The molecule has 1 heterocycles. The Labute approximate surface area is 171 Å². The van der Waals surface area contributed by atoms with E-state index < -0.39 is 0 Å². The van der Waals surface area contributed by atoms with E-state index in [1.165, 1.54) is 11.6 Å². The highest BCUT2D eigenvalue weighted by molar-refractivity contribution is 5.79. The molecule has 152 valence electrons. The van der Waals surface area contributed by atoms with E-state index in [4.69, 9.17) is 0 Å². The van der Waals surface area contributed by atoms with Crippen molar-refractivity contribution in [1.29, 1.82) is 0 Å². The van der Waals surface area contributed by atoms with Crippen molar-refractivity contribution in [2.75, 3.05) is 19.6 Å². The highest BCUT2D eigenvalue weighted by Crippen LogP contribution is 2.07. The molecule has 1 aromatic heterocycles. The third-order valence-corrected chi connectivity index (χ3v) is 4.59. The second-order valence-electron chi connectivity index (χ2n) is 6.74. The number of guanidine groups is 1. The first kappa shape index (κ1) is 20.6. The summed E-state index contributed by atoms with van der Waals surface area (Å²) in [7, 11) is 0. The maximum Gasteiger partial charge on any atom is 0.191 e. The van der Waals surface area contributed by atoms with Crippen LogP contribution in [0, 0.1) is 5.82 Å². The van der Waals surface area contributed by atoms with Crippen molar-refractivity contribution in [1.82, 2.24) is 20.2 Å². The third kappa shape index (κ3) is 6.45. The van der Waals surface area contributed by atoms with Crippen LogP contribution in [0.3, 0.4) is 0 Å². The van der Waals surface area contributed by atoms with Crippen LogP contribution in [-0.4, -0.2) is 35.1 Å². The topological polar surface area (TPSA) is 54.2 Å². The molecule has 0 aliphatic rings. The van der Waals surface area contributed by atoms with Gasteiger partial charge >= 0.3 is 0 Å². The molecule has 2 N–H and O–H groups in total. The zero-order chi connectivity index (χ0) is 20.3. The summed E-state index contributed by atoms with van der Waals surface area (Å²) in [4.78, 5) is 9.12. The lowest BCUT2D eigenvalue weighted by molar-refractivity contribution is 0.606. The Kier molecular flexibility index (Phi) is 7.81. The number of nitrogens with one attached hydrogen (secondary N) is 2. The number of aliphatic imine (C=N–C) groups is 1. The fourth-order valence-electron chi connectivity index (χ4n) is 3.12. The van der Waals surface area contributed by atoms with E-state index >= 15 is 0 Å². The average Bonchev–Trinajstić information content (AvgIpc) is 3.17. The first-order valence-corrected chi connectivity index (χ1v) is 10.1. The van der Waals surface area contributed by atoms with Crippen molar-refractivity contribution in [3.8, 4) is 0 Å². The van der Waals surface area contributed by atoms with Gasteiger partial charge in [0, 0.05) is 45.0 Å². The molecule has 0 radical (unpaired) electrons. The maximum atomic E-state index is 13.7. The Morgan fingerprint density at radius 2 is 1.83 bits per heavy atom. The quantitative estimate of drug-likeness (QED) is 0.433. The SMILES string of the molecule is CCNC(=NCCc1nccn1Cc1ccccc1)NCCc1ccccc1F. The molecule has 5 nitrogen and oxygen atoms in total. The van der Waals surface area contributed by atoms with E-state index in [1.54, 1.807) is 6.07 Å². The lowest BCUT2D eigenvalue weighted by Crippen LogP contribution is -2.38. The van der Waals surface area contributed by atoms with Crippen molar-refractivity contribution >= 4 is 5.96 Å². The Balaban J connectivity index is 1.52. The molecule has 3 rings (SSSR count). The molecule has 0 saturated heterocycles. The standard InChI is InChI=1S/C23H28FN5/c1-2-25-23(27-14-12-20-10-6-7-11-21(20)24)28-15-13-22-26-16-17-29(22)18-19-8-4-3-5-9-19/h3-11,16-17H,2,12-15,18H2,1H3,(H2,25,27,28). The van der Waals surface area contributed by atoms with Crippen molar-refractivity contribution in [3.63, 3.8) is 0 Å². The van der Waals surface area contributed by atoms with Gasteiger partial charge in [-0.3, -0.25) is 4.99 Å². The van der Waals surface area contributed by atoms with Gasteiger partial charge in [-0.25, -0.2) is 9.37 Å². The Bertz CT molecular complexity index is 904. The molecule has 0 aliphatic carbocycles. The van der Waals surface area contributed by atoms with Gasteiger partial charge in [0.2, 0.25) is 0 Å². The van der Waals surface area contributed by atoms with Crippen molar-refractivity contribution in [2.45, 2.75) is 26.3 Å². The van der Waals surface area contributed by atoms with Crippen LogP contribution in [-0.2, 0) is 19.4 Å². The molecule has 29 heavy (non-hydrogen) atoms. The number of benzene rings is 2. The minimum Gasteiger partial charge on any atom is -0.357 e. The molecule has 3 aromatic rings. The van der Waals surface area contributed by atoms with Gasteiger partial charge in [0.15, 0.2) is 5.96 Å². The Hall–Kier alpha value is -3.15. The highest BCUT2D eigenvalue weighted by Gasteiger charge is 2.05. The van der Waals surface area contributed by atoms with Crippen molar-refractivity contribution in [2.24, 2.45) is 4.99 Å². The number of aromatic nitrogens is 2. The van der Waals surface area contributed by atoms with Crippen LogP contribution in [0.1, 0.15) is 23.9 Å². The summed E-state index contributed by atoms with van der Waals surface area (Å²) in [5, 5.41) is 6.51. The summed E-state index contributed by atoms with van der Waals surface area (Å²) in [6.07, 6.45) is 5.20. The van der Waals surface area contributed by atoms with Gasteiger partial charge in [-0.05, 0) is 30.5 Å². The summed E-state index contributed by atoms with van der Waals surface area (Å²) in [6, 6.07) is 17.2. The summed E-state index contributed by atoms with van der Waals surface area (Å²) in [5.74, 6) is 1.59. The van der Waals surface area contributed by atoms with E-state index in [1.807, 2.05) is 49.6 Å². The van der Waals surface area contributed by atoms with Crippen molar-refractivity contribution in [3.05, 3.63) is 89.8 Å². The first-order valence-electron chi connectivity index (χ1n) is 10.1. The smallest absolute Gasteiger partial charge is 0.191 e. The minimum atomic E-state index is -0.165. The minimum absolute atomic E-state index is 0.165. The summed E-state index contributed by atoms with van der Waals surface area (Å²) < 4.78 is 15.9. The predicted molar refractivity (Wildman–Crippen MR) is 116 cm³/mol. The molecule has 0 unspecified atom stereocenters. The lowest BCUT2D eigenvalue weighted by Gasteiger charge is -2.12. The molecule has 0 fully saturated rings. The highest BCUT2D eigenvalue weighted by atomic mass is 19.1. The van der Waals surface area contributed by atoms with Crippen LogP contribution >= 0.6 is 0 Å². The molecular weight excluding hydrogens is 365 g/mol. The van der Waals surface area contributed by atoms with Crippen LogP contribution in [0.5, 0.6) is 0 Å². The van der Waals surface area contributed by atoms with E-state index in [9.17, 15) is 4.39 Å². The van der Waals surface area contributed by atoms with Gasteiger partial charge < -0.3 is 15.2 Å². The lowest BCUT2D eigenvalue weighted by atomic mass is 10.1. The summed E-state index contributed by atoms with van der Waals surface area (Å²) in [5.41, 5.74) is 1.96. The van der Waals surface area contributed by atoms with Gasteiger partial charge in [0.25, 0.3) is 0 Å². The molecule has 0 amide bonds. The van der Waals surface area contributed by atoms with Crippen LogP contribution in [0.4, 0.5) is 4.39 Å². The molecular formula is C23H28FN5. The monoisotopic (exact) mass is 393 g/mol. The molecule has 0 atom stereocenters. The van der Waals surface area contributed by atoms with E-state index in [2.05, 4.69) is 37.3 Å². The second-order valence-corrected chi connectivity index (χ2v) is 6.74. The molecule has 2 aromatic carbocycles. The van der Waals surface area contributed by atoms with Gasteiger partial charge in [-0.1, -0.05) is 48.5 Å². The zero-order valence-corrected chi connectivity index (χ0v) is 16.8. The molecule has 0 saturated carbocycles. The molecule has 0 spiro atoms. The predicted octanol–water partition coefficient (Wildman–Crippen LogP) is 3.41. The molecule has 0 aliphatic heterocycles. The fourth-order valence-corrected chi connectivity index (χ4v) is 3.12. The number of hydrogen-bond acceptors (Lipinski definition) is 2. The number of hydrogen-bond donors (Lipinski definition) is 2. The number of imidazole rings is 1. The van der Waals surface area contributed by atoms with Crippen LogP contribution in [0.25, 0.3) is 0 Å². The van der Waals surface area contributed by atoms with Gasteiger partial charge in [-0.15, -0.1) is 0 Å². The van der Waals surface area contributed by atoms with E-state index in [-0.39, 0.29) is 5.82 Å². The van der Waals surface area contributed by atoms with E-state index in [0.717, 1.165) is 31.3 Å². The average molecular weight is 394 g/mol. The second kappa shape index (κ2) is 11.0. The zero-order valence-electron chi connectivity index (χ0n) is 16.8. The summed E-state index contributed by atoms with van der Waals surface area (Å²) in [6.45, 7) is 4.85. The molecule has 0 bridgehead atoms. The number of nitrogens with zero attached hydrogens (tertiary/aromatic N) is 3. The van der Waals surface area contributed by atoms with Gasteiger partial charge in [-0.2, -0.15) is 0 Å².